The zero-order valence-corrected chi connectivity index (χ0v) is 23.2. The average molecular weight is 537 g/mol. The number of carbonyl (C=O) groups is 2. The molecule has 4 aliphatic carbocycles. The van der Waals surface area contributed by atoms with Crippen molar-refractivity contribution in [2.75, 3.05) is 17.6 Å². The SMILES string of the molecule is O=C(Nc1ccc(C23CC4CC(CC(C4)C2)C3)cc1)c1ccc([C@H]2SCC(=O)N2CCc2ccccc2)cc1. The van der Waals surface area contributed by atoms with E-state index in [-0.39, 0.29) is 17.2 Å². The Morgan fingerprint density at radius 1 is 0.846 bits per heavy atom. The Morgan fingerprint density at radius 2 is 1.49 bits per heavy atom. The van der Waals surface area contributed by atoms with Crippen LogP contribution in [-0.2, 0) is 16.6 Å². The van der Waals surface area contributed by atoms with E-state index in [0.717, 1.165) is 35.4 Å². The molecule has 3 aromatic carbocycles. The first kappa shape index (κ1) is 25.0. The molecule has 1 aliphatic heterocycles. The van der Waals surface area contributed by atoms with E-state index in [1.54, 1.807) is 11.8 Å². The molecule has 0 aromatic heterocycles. The predicted molar refractivity (Wildman–Crippen MR) is 158 cm³/mol. The van der Waals surface area contributed by atoms with Crippen LogP contribution in [0.5, 0.6) is 0 Å². The zero-order valence-electron chi connectivity index (χ0n) is 22.4. The van der Waals surface area contributed by atoms with Crippen LogP contribution in [0.2, 0.25) is 0 Å². The van der Waals surface area contributed by atoms with Gasteiger partial charge < -0.3 is 10.2 Å². The molecule has 1 saturated heterocycles. The van der Waals surface area contributed by atoms with Gasteiger partial charge in [-0.3, -0.25) is 9.59 Å². The van der Waals surface area contributed by atoms with Gasteiger partial charge in [0.05, 0.1) is 5.75 Å². The van der Waals surface area contributed by atoms with Crippen molar-refractivity contribution in [3.8, 4) is 0 Å². The van der Waals surface area contributed by atoms with Gasteiger partial charge in [0.1, 0.15) is 5.37 Å². The summed E-state index contributed by atoms with van der Waals surface area (Å²) < 4.78 is 0. The van der Waals surface area contributed by atoms with Gasteiger partial charge in [0.2, 0.25) is 5.91 Å². The highest BCUT2D eigenvalue weighted by Gasteiger charge is 2.51. The molecule has 8 rings (SSSR count). The van der Waals surface area contributed by atoms with Crippen LogP contribution in [0.4, 0.5) is 5.69 Å². The normalized spacial score (nSPS) is 29.1. The number of amides is 2. The predicted octanol–water partition coefficient (Wildman–Crippen LogP) is 7.22. The van der Waals surface area contributed by atoms with E-state index in [0.29, 0.717) is 23.3 Å². The molecule has 5 heteroatoms. The summed E-state index contributed by atoms with van der Waals surface area (Å²) in [6, 6.07) is 26.8. The Hall–Kier alpha value is -3.05. The van der Waals surface area contributed by atoms with Crippen LogP contribution in [0.15, 0.2) is 78.9 Å². The number of anilines is 1. The number of carbonyl (C=O) groups excluding carboxylic acids is 2. The van der Waals surface area contributed by atoms with Crippen LogP contribution < -0.4 is 5.32 Å². The first-order valence-electron chi connectivity index (χ1n) is 14.5. The van der Waals surface area contributed by atoms with Crippen molar-refractivity contribution in [2.24, 2.45) is 17.8 Å². The van der Waals surface area contributed by atoms with E-state index in [2.05, 4.69) is 41.7 Å². The number of nitrogens with one attached hydrogen (secondary N) is 1. The highest BCUT2D eigenvalue weighted by atomic mass is 32.2. The molecule has 3 aromatic rings. The molecule has 0 radical (unpaired) electrons. The second kappa shape index (κ2) is 10.2. The van der Waals surface area contributed by atoms with Crippen molar-refractivity contribution in [2.45, 2.75) is 55.7 Å². The molecule has 5 fully saturated rings. The fraction of sp³-hybridized carbons (Fsp3) is 0.412. The standard InChI is InChI=1S/C34H36N2O2S/c37-31-22-39-33(36(31)15-14-23-4-2-1-3-5-23)28-8-6-27(7-9-28)32(38)35-30-12-10-29(11-13-30)34-19-24-16-25(20-34)18-26(17-24)21-34/h1-13,24-26,33H,14-22H2,(H,35,38)/t24?,25?,26?,33-,34?/m1/s1. The van der Waals surface area contributed by atoms with Crippen LogP contribution in [0.25, 0.3) is 0 Å². The van der Waals surface area contributed by atoms with Crippen molar-refractivity contribution in [1.82, 2.24) is 4.90 Å². The molecule has 1 heterocycles. The van der Waals surface area contributed by atoms with Crippen molar-refractivity contribution in [1.29, 1.82) is 0 Å². The van der Waals surface area contributed by atoms with E-state index >= 15 is 0 Å². The van der Waals surface area contributed by atoms with E-state index in [1.165, 1.54) is 49.7 Å². The van der Waals surface area contributed by atoms with Gasteiger partial charge in [-0.15, -0.1) is 11.8 Å². The third-order valence-electron chi connectivity index (χ3n) is 9.70. The van der Waals surface area contributed by atoms with E-state index < -0.39 is 0 Å². The van der Waals surface area contributed by atoms with Crippen LogP contribution in [-0.4, -0.2) is 29.0 Å². The van der Waals surface area contributed by atoms with Crippen LogP contribution in [0.1, 0.15) is 70.9 Å². The van der Waals surface area contributed by atoms with Crippen molar-refractivity contribution in [3.05, 3.63) is 101 Å². The third-order valence-corrected chi connectivity index (χ3v) is 11.0. The van der Waals surface area contributed by atoms with Crippen molar-refractivity contribution in [3.63, 3.8) is 0 Å². The molecule has 4 bridgehead atoms. The van der Waals surface area contributed by atoms with Gasteiger partial charge in [0.15, 0.2) is 0 Å². The minimum absolute atomic E-state index is 0.00421. The summed E-state index contributed by atoms with van der Waals surface area (Å²) in [5.74, 6) is 3.36. The highest BCUT2D eigenvalue weighted by Crippen LogP contribution is 2.60. The van der Waals surface area contributed by atoms with Crippen molar-refractivity contribution < 1.29 is 9.59 Å². The summed E-state index contributed by atoms with van der Waals surface area (Å²) in [5, 5.41) is 3.09. The first-order chi connectivity index (χ1) is 19.0. The molecule has 2 amide bonds. The molecule has 0 unspecified atom stereocenters. The van der Waals surface area contributed by atoms with Crippen LogP contribution in [0.3, 0.4) is 0 Å². The Morgan fingerprint density at radius 3 is 2.13 bits per heavy atom. The van der Waals surface area contributed by atoms with E-state index in [1.807, 2.05) is 47.4 Å². The monoisotopic (exact) mass is 536 g/mol. The number of hydrogen-bond acceptors (Lipinski definition) is 3. The van der Waals surface area contributed by atoms with Gasteiger partial charge in [-0.1, -0.05) is 54.6 Å². The smallest absolute Gasteiger partial charge is 0.255 e. The Balaban J connectivity index is 0.993. The van der Waals surface area contributed by atoms with Gasteiger partial charge in [0, 0.05) is 17.8 Å². The number of hydrogen-bond donors (Lipinski definition) is 1. The molecule has 39 heavy (non-hydrogen) atoms. The maximum atomic E-state index is 13.0. The molecule has 1 N–H and O–H groups in total. The molecular formula is C34H36N2O2S. The zero-order chi connectivity index (χ0) is 26.4. The Labute approximate surface area is 235 Å². The van der Waals surface area contributed by atoms with Gasteiger partial charge in [0.25, 0.3) is 5.91 Å². The molecular weight excluding hydrogens is 500 g/mol. The second-order valence-corrected chi connectivity index (χ2v) is 13.4. The number of benzene rings is 3. The van der Waals surface area contributed by atoms with Crippen LogP contribution in [0, 0.1) is 17.8 Å². The molecule has 5 aliphatic rings. The highest BCUT2D eigenvalue weighted by molar-refractivity contribution is 8.00. The number of nitrogens with zero attached hydrogens (tertiary/aromatic N) is 1. The average Bonchev–Trinajstić information content (AvgIpc) is 3.32. The molecule has 1 atom stereocenters. The molecule has 4 saturated carbocycles. The number of rotatable bonds is 7. The van der Waals surface area contributed by atoms with Gasteiger partial charge in [-0.25, -0.2) is 0 Å². The van der Waals surface area contributed by atoms with Gasteiger partial charge >= 0.3 is 0 Å². The largest absolute Gasteiger partial charge is 0.326 e. The van der Waals surface area contributed by atoms with Gasteiger partial charge in [-0.05, 0) is 109 Å². The first-order valence-corrected chi connectivity index (χ1v) is 15.6. The maximum Gasteiger partial charge on any atom is 0.255 e. The summed E-state index contributed by atoms with van der Waals surface area (Å²) in [4.78, 5) is 27.6. The topological polar surface area (TPSA) is 49.4 Å². The maximum absolute atomic E-state index is 13.0. The minimum Gasteiger partial charge on any atom is -0.326 e. The molecule has 4 nitrogen and oxygen atoms in total. The van der Waals surface area contributed by atoms with Gasteiger partial charge in [-0.2, -0.15) is 0 Å². The summed E-state index contributed by atoms with van der Waals surface area (Å²) >= 11 is 1.66. The Bertz CT molecular complexity index is 1320. The fourth-order valence-electron chi connectivity index (χ4n) is 8.24. The quantitative estimate of drug-likeness (QED) is 0.347. The third kappa shape index (κ3) is 4.91. The van der Waals surface area contributed by atoms with E-state index in [9.17, 15) is 9.59 Å². The summed E-state index contributed by atoms with van der Waals surface area (Å²) in [6.07, 6.45) is 9.25. The molecule has 200 valence electrons. The molecule has 0 spiro atoms. The second-order valence-electron chi connectivity index (χ2n) is 12.3. The summed E-state index contributed by atoms with van der Waals surface area (Å²) in [5.41, 5.74) is 5.64. The number of thioether (sulfide) groups is 1. The minimum atomic E-state index is -0.0970. The summed E-state index contributed by atoms with van der Waals surface area (Å²) in [6.45, 7) is 0.696. The van der Waals surface area contributed by atoms with Crippen LogP contribution >= 0.6 is 11.8 Å². The van der Waals surface area contributed by atoms with Crippen molar-refractivity contribution >= 4 is 29.3 Å². The lowest BCUT2D eigenvalue weighted by atomic mass is 9.48. The fourth-order valence-corrected chi connectivity index (χ4v) is 9.46. The summed E-state index contributed by atoms with van der Waals surface area (Å²) in [7, 11) is 0. The lowest BCUT2D eigenvalue weighted by Crippen LogP contribution is -2.48. The van der Waals surface area contributed by atoms with E-state index in [4.69, 9.17) is 0 Å². The lowest BCUT2D eigenvalue weighted by Gasteiger charge is -2.57. The Kier molecular flexibility index (Phi) is 6.50. The lowest BCUT2D eigenvalue weighted by molar-refractivity contribution is -0.128.